The van der Waals surface area contributed by atoms with E-state index in [0.717, 1.165) is 10.2 Å². The first kappa shape index (κ1) is 24.3. The largest absolute Gasteiger partial charge is 0.490 e. The minimum atomic E-state index is -1.01. The van der Waals surface area contributed by atoms with Crippen LogP contribution in [0.15, 0.2) is 18.2 Å². The van der Waals surface area contributed by atoms with Gasteiger partial charge in [-0.1, -0.05) is 22.0 Å². The molecule has 32 heavy (non-hydrogen) atoms. The number of hydrogen-bond donors (Lipinski definition) is 1. The van der Waals surface area contributed by atoms with Crippen LogP contribution in [0.5, 0.6) is 5.75 Å². The fourth-order valence-electron chi connectivity index (χ4n) is 3.41. The molecule has 0 bridgehead atoms. The van der Waals surface area contributed by atoms with Crippen LogP contribution < -0.4 is 10.1 Å². The van der Waals surface area contributed by atoms with E-state index in [0.29, 0.717) is 33.0 Å². The van der Waals surface area contributed by atoms with Crippen molar-refractivity contribution in [3.05, 3.63) is 29.3 Å². The number of halogens is 1. The number of alkyl halides is 1. The number of imide groups is 2. The van der Waals surface area contributed by atoms with E-state index in [1.165, 1.54) is 6.07 Å². The Labute approximate surface area is 193 Å². The zero-order valence-corrected chi connectivity index (χ0v) is 19.1. The third-order valence-corrected chi connectivity index (χ3v) is 5.20. The lowest BCUT2D eigenvalue weighted by atomic mass is 10.0. The number of carbonyl (C=O) groups is 4. The second kappa shape index (κ2) is 12.0. The van der Waals surface area contributed by atoms with E-state index in [1.54, 1.807) is 12.1 Å². The highest BCUT2D eigenvalue weighted by molar-refractivity contribution is 9.09. The Morgan fingerprint density at radius 3 is 2.22 bits per heavy atom. The molecule has 2 aliphatic heterocycles. The SMILES string of the molecule is O=C1CCC(N2C(=O)c3cccc(OCCOCCOCCOCCBr)c3C2=O)C(=O)N1. The van der Waals surface area contributed by atoms with Crippen molar-refractivity contribution in [2.24, 2.45) is 0 Å². The molecule has 3 rings (SSSR count). The molecule has 1 atom stereocenters. The molecule has 1 aromatic rings. The van der Waals surface area contributed by atoms with Crippen LogP contribution in [0.3, 0.4) is 0 Å². The molecule has 4 amide bonds. The first-order valence-corrected chi connectivity index (χ1v) is 11.4. The van der Waals surface area contributed by atoms with E-state index in [-0.39, 0.29) is 42.9 Å². The van der Waals surface area contributed by atoms with Crippen LogP contribution in [-0.2, 0) is 23.8 Å². The second-order valence-corrected chi connectivity index (χ2v) is 7.79. The summed E-state index contributed by atoms with van der Waals surface area (Å²) in [5.41, 5.74) is 0.294. The van der Waals surface area contributed by atoms with Crippen LogP contribution in [0, 0.1) is 0 Å². The van der Waals surface area contributed by atoms with Gasteiger partial charge in [-0.15, -0.1) is 0 Å². The number of piperidine rings is 1. The Balaban J connectivity index is 1.47. The average molecular weight is 513 g/mol. The van der Waals surface area contributed by atoms with Gasteiger partial charge in [-0.05, 0) is 18.6 Å². The maximum Gasteiger partial charge on any atom is 0.266 e. The van der Waals surface area contributed by atoms with E-state index in [2.05, 4.69) is 21.2 Å². The summed E-state index contributed by atoms with van der Waals surface area (Å²) >= 11 is 3.27. The average Bonchev–Trinajstić information content (AvgIpc) is 3.03. The summed E-state index contributed by atoms with van der Waals surface area (Å²) in [6, 6.07) is 3.71. The van der Waals surface area contributed by atoms with Crippen molar-refractivity contribution in [2.75, 3.05) is 51.6 Å². The highest BCUT2D eigenvalue weighted by Gasteiger charge is 2.45. The minimum absolute atomic E-state index is 0.0676. The van der Waals surface area contributed by atoms with Crippen molar-refractivity contribution >= 4 is 39.6 Å². The number of amides is 4. The van der Waals surface area contributed by atoms with Gasteiger partial charge in [0.2, 0.25) is 11.8 Å². The van der Waals surface area contributed by atoms with Gasteiger partial charge in [0.15, 0.2) is 0 Å². The monoisotopic (exact) mass is 512 g/mol. The maximum absolute atomic E-state index is 13.0. The fourth-order valence-corrected chi connectivity index (χ4v) is 3.64. The van der Waals surface area contributed by atoms with Crippen molar-refractivity contribution in [1.82, 2.24) is 10.2 Å². The highest BCUT2D eigenvalue weighted by Crippen LogP contribution is 2.33. The topological polar surface area (TPSA) is 120 Å². The molecule has 0 radical (unpaired) electrons. The molecular weight excluding hydrogens is 488 g/mol. The zero-order valence-electron chi connectivity index (χ0n) is 17.5. The summed E-state index contributed by atoms with van der Waals surface area (Å²) in [6.45, 7) is 2.90. The molecule has 1 N–H and O–H groups in total. The first-order chi connectivity index (χ1) is 15.5. The summed E-state index contributed by atoms with van der Waals surface area (Å²) in [7, 11) is 0. The maximum atomic E-state index is 13.0. The zero-order chi connectivity index (χ0) is 22.9. The predicted molar refractivity (Wildman–Crippen MR) is 115 cm³/mol. The van der Waals surface area contributed by atoms with E-state index in [9.17, 15) is 19.2 Å². The molecule has 1 saturated heterocycles. The van der Waals surface area contributed by atoms with Crippen LogP contribution in [0.25, 0.3) is 0 Å². The van der Waals surface area contributed by atoms with Crippen molar-refractivity contribution in [1.29, 1.82) is 0 Å². The summed E-state index contributed by atoms with van der Waals surface area (Å²) in [4.78, 5) is 50.2. The number of ether oxygens (including phenoxy) is 4. The van der Waals surface area contributed by atoms with Crippen molar-refractivity contribution in [2.45, 2.75) is 18.9 Å². The van der Waals surface area contributed by atoms with Gasteiger partial charge in [0.1, 0.15) is 18.4 Å². The van der Waals surface area contributed by atoms with Crippen molar-refractivity contribution in [3.8, 4) is 5.75 Å². The summed E-state index contributed by atoms with van der Waals surface area (Å²) < 4.78 is 21.8. The second-order valence-electron chi connectivity index (χ2n) is 7.00. The fraction of sp³-hybridized carbons (Fsp3) is 0.524. The van der Waals surface area contributed by atoms with E-state index in [4.69, 9.17) is 18.9 Å². The number of nitrogens with one attached hydrogen (secondary N) is 1. The van der Waals surface area contributed by atoms with Gasteiger partial charge in [0.05, 0.1) is 50.8 Å². The lowest BCUT2D eigenvalue weighted by Gasteiger charge is -2.27. The van der Waals surface area contributed by atoms with Gasteiger partial charge in [-0.2, -0.15) is 0 Å². The minimum Gasteiger partial charge on any atom is -0.490 e. The normalized spacial score (nSPS) is 18.2. The smallest absolute Gasteiger partial charge is 0.266 e. The highest BCUT2D eigenvalue weighted by atomic mass is 79.9. The van der Waals surface area contributed by atoms with Gasteiger partial charge < -0.3 is 18.9 Å². The Hall–Kier alpha value is -2.34. The molecule has 10 nitrogen and oxygen atoms in total. The number of nitrogens with zero attached hydrogens (tertiary/aromatic N) is 1. The summed E-state index contributed by atoms with van der Waals surface area (Å²) in [5, 5.41) is 2.96. The summed E-state index contributed by atoms with van der Waals surface area (Å²) in [6.07, 6.45) is 0.170. The predicted octanol–water partition coefficient (Wildman–Crippen LogP) is 0.911. The number of fused-ring (bicyclic) bond motifs is 1. The first-order valence-electron chi connectivity index (χ1n) is 10.3. The Kier molecular flexibility index (Phi) is 9.15. The number of rotatable bonds is 13. The number of benzene rings is 1. The van der Waals surface area contributed by atoms with E-state index in [1.807, 2.05) is 0 Å². The van der Waals surface area contributed by atoms with Gasteiger partial charge in [0, 0.05) is 11.8 Å². The molecular formula is C21H25BrN2O8. The number of carbonyl (C=O) groups excluding carboxylic acids is 4. The lowest BCUT2D eigenvalue weighted by molar-refractivity contribution is -0.136. The number of hydrogen-bond acceptors (Lipinski definition) is 8. The van der Waals surface area contributed by atoms with Crippen LogP contribution in [0.2, 0.25) is 0 Å². The molecule has 11 heteroatoms. The third-order valence-electron chi connectivity index (χ3n) is 4.88. The Morgan fingerprint density at radius 2 is 1.56 bits per heavy atom. The van der Waals surface area contributed by atoms with Crippen LogP contribution in [0.1, 0.15) is 33.6 Å². The molecule has 1 aromatic carbocycles. The molecule has 0 spiro atoms. The van der Waals surface area contributed by atoms with Crippen LogP contribution >= 0.6 is 15.9 Å². The third kappa shape index (κ3) is 5.91. The van der Waals surface area contributed by atoms with Gasteiger partial charge in [-0.3, -0.25) is 29.4 Å². The molecule has 1 unspecified atom stereocenters. The lowest BCUT2D eigenvalue weighted by Crippen LogP contribution is -2.54. The van der Waals surface area contributed by atoms with Crippen molar-refractivity contribution in [3.63, 3.8) is 0 Å². The van der Waals surface area contributed by atoms with Gasteiger partial charge in [0.25, 0.3) is 11.8 Å². The standard InChI is InChI=1S/C21H25BrN2O8/c22-6-7-29-8-9-30-10-11-31-12-13-32-16-3-1-2-14-18(16)21(28)24(20(14)27)15-4-5-17(25)23-19(15)26/h1-3,15H,4-13H2,(H,23,25,26). The Morgan fingerprint density at radius 1 is 0.906 bits per heavy atom. The molecule has 0 saturated carbocycles. The van der Waals surface area contributed by atoms with Crippen LogP contribution in [-0.4, -0.2) is 86.1 Å². The summed E-state index contributed by atoms with van der Waals surface area (Å²) in [5.74, 6) is -1.99. The molecule has 2 heterocycles. The van der Waals surface area contributed by atoms with Gasteiger partial charge >= 0.3 is 0 Å². The molecule has 0 aromatic heterocycles. The molecule has 2 aliphatic rings. The molecule has 174 valence electrons. The Bertz CT molecular complexity index is 862. The van der Waals surface area contributed by atoms with E-state index >= 15 is 0 Å². The van der Waals surface area contributed by atoms with Crippen molar-refractivity contribution < 1.29 is 38.1 Å². The quantitative estimate of drug-likeness (QED) is 0.235. The van der Waals surface area contributed by atoms with Crippen LogP contribution in [0.4, 0.5) is 0 Å². The van der Waals surface area contributed by atoms with Gasteiger partial charge in [-0.25, -0.2) is 0 Å². The molecule has 1 fully saturated rings. The van der Waals surface area contributed by atoms with E-state index < -0.39 is 29.7 Å². The molecule has 0 aliphatic carbocycles.